The molecule has 0 atom stereocenters. The Labute approximate surface area is 295 Å². The zero-order valence-corrected chi connectivity index (χ0v) is 29.9. The van der Waals surface area contributed by atoms with Gasteiger partial charge in [-0.25, -0.2) is 9.59 Å². The largest absolute Gasteiger partial charge is 0.462 e. The standard InChI is InChI=1S/C17H22O6.C10H16O3.C9H9IO2/c1-2-20-15(18)14-4-3-13(23-14)5-6-16(19)7-9-17(10-8-16)21-11-12-22-17;1-2-9(11)3-5-10(6-4-9)12-7-8-13-10;1-2-12-9(11)7-4-3-5-8(10)6-7/h3-6,19H,2,7-12H2,1H3;2,11H,1,3-8H2;3-6H,2H2,1H3/b6-5+;;. The van der Waals surface area contributed by atoms with Gasteiger partial charge in [0.2, 0.25) is 5.76 Å². The molecule has 2 aliphatic heterocycles. The zero-order chi connectivity index (χ0) is 34.7. The van der Waals surface area contributed by atoms with E-state index in [4.69, 9.17) is 32.8 Å². The van der Waals surface area contributed by atoms with Gasteiger partial charge in [-0.15, -0.1) is 6.58 Å². The Morgan fingerprint density at radius 2 is 1.31 bits per heavy atom. The molecule has 1 aromatic carbocycles. The van der Waals surface area contributed by atoms with E-state index in [9.17, 15) is 19.8 Å². The van der Waals surface area contributed by atoms with Crippen molar-refractivity contribution in [2.75, 3.05) is 39.6 Å². The average Bonchev–Trinajstić information content (AvgIpc) is 3.87. The van der Waals surface area contributed by atoms with Crippen LogP contribution in [0.5, 0.6) is 0 Å². The highest BCUT2D eigenvalue weighted by molar-refractivity contribution is 14.1. The second-order valence-corrected chi connectivity index (χ2v) is 13.4. The minimum atomic E-state index is -0.905. The zero-order valence-electron chi connectivity index (χ0n) is 27.7. The van der Waals surface area contributed by atoms with Crippen LogP contribution in [0.15, 0.2) is 59.5 Å². The fourth-order valence-electron chi connectivity index (χ4n) is 5.89. The number of hydrogen-bond acceptors (Lipinski definition) is 11. The quantitative estimate of drug-likeness (QED) is 0.188. The molecule has 0 bridgehead atoms. The van der Waals surface area contributed by atoms with E-state index in [1.165, 1.54) is 0 Å². The van der Waals surface area contributed by atoms with Crippen LogP contribution in [0.2, 0.25) is 0 Å². The third-order valence-electron chi connectivity index (χ3n) is 8.76. The van der Waals surface area contributed by atoms with Crippen molar-refractivity contribution in [3.8, 4) is 0 Å². The monoisotopic (exact) mass is 782 g/mol. The Hall–Kier alpha value is -2.59. The Balaban J connectivity index is 0.000000177. The van der Waals surface area contributed by atoms with Gasteiger partial charge in [0, 0.05) is 29.3 Å². The van der Waals surface area contributed by atoms with Crippen LogP contribution in [0.25, 0.3) is 6.08 Å². The molecule has 4 aliphatic rings. The van der Waals surface area contributed by atoms with Gasteiger partial charge in [0.1, 0.15) is 5.76 Å². The molecular weight excluding hydrogens is 735 g/mol. The summed E-state index contributed by atoms with van der Waals surface area (Å²) in [5.41, 5.74) is -0.985. The molecule has 6 rings (SSSR count). The Bertz CT molecular complexity index is 1370. The van der Waals surface area contributed by atoms with Crippen molar-refractivity contribution in [1.29, 1.82) is 0 Å². The lowest BCUT2D eigenvalue weighted by Crippen LogP contribution is -2.42. The fourth-order valence-corrected chi connectivity index (χ4v) is 6.43. The highest BCUT2D eigenvalue weighted by Crippen LogP contribution is 2.42. The summed E-state index contributed by atoms with van der Waals surface area (Å²) in [7, 11) is 0. The van der Waals surface area contributed by atoms with E-state index in [-0.39, 0.29) is 17.5 Å². The molecular formula is C36H47IO11. The van der Waals surface area contributed by atoms with Crippen LogP contribution in [-0.4, -0.2) is 84.6 Å². The maximum atomic E-state index is 11.6. The number of halogens is 1. The molecule has 48 heavy (non-hydrogen) atoms. The van der Waals surface area contributed by atoms with Gasteiger partial charge in [-0.05, 0) is 105 Å². The van der Waals surface area contributed by atoms with Crippen molar-refractivity contribution in [2.24, 2.45) is 0 Å². The highest BCUT2D eigenvalue weighted by Gasteiger charge is 2.45. The van der Waals surface area contributed by atoms with Crippen LogP contribution in [-0.2, 0) is 28.4 Å². The first kappa shape index (κ1) is 38.2. The normalized spacial score (nSPS) is 23.5. The minimum absolute atomic E-state index is 0.161. The lowest BCUT2D eigenvalue weighted by Gasteiger charge is -2.39. The number of carbonyl (C=O) groups excluding carboxylic acids is 2. The number of carbonyl (C=O) groups is 2. The van der Waals surface area contributed by atoms with Gasteiger partial charge in [0.25, 0.3) is 0 Å². The van der Waals surface area contributed by atoms with Crippen molar-refractivity contribution < 1.29 is 52.6 Å². The Morgan fingerprint density at radius 3 is 1.81 bits per heavy atom. The summed E-state index contributed by atoms with van der Waals surface area (Å²) in [4.78, 5) is 22.7. The Morgan fingerprint density at radius 1 is 0.792 bits per heavy atom. The molecule has 1 aromatic heterocycles. The number of aliphatic hydroxyl groups is 2. The van der Waals surface area contributed by atoms with Crippen LogP contribution in [0.1, 0.15) is 91.9 Å². The molecule has 0 unspecified atom stereocenters. The van der Waals surface area contributed by atoms with Gasteiger partial charge in [0.15, 0.2) is 11.6 Å². The van der Waals surface area contributed by atoms with E-state index in [1.54, 1.807) is 56.3 Å². The number of benzene rings is 1. The molecule has 3 heterocycles. The SMILES string of the molecule is C=CC1(O)CCC2(CC1)OCCO2.CCOC(=O)c1ccc(/C=C/C2(O)CCC3(CC2)OCCO3)o1.CCOC(=O)c1cccc(I)c1. The van der Waals surface area contributed by atoms with Crippen LogP contribution >= 0.6 is 22.6 Å². The molecule has 0 amide bonds. The van der Waals surface area contributed by atoms with Crippen molar-refractivity contribution in [2.45, 2.75) is 88.0 Å². The van der Waals surface area contributed by atoms with E-state index in [1.807, 2.05) is 12.1 Å². The van der Waals surface area contributed by atoms with Gasteiger partial charge >= 0.3 is 11.9 Å². The summed E-state index contributed by atoms with van der Waals surface area (Å²) in [5, 5.41) is 20.5. The molecule has 264 valence electrons. The minimum Gasteiger partial charge on any atom is -0.462 e. The van der Waals surface area contributed by atoms with Crippen molar-refractivity contribution in [3.05, 3.63) is 75.8 Å². The molecule has 2 aliphatic carbocycles. The second-order valence-electron chi connectivity index (χ2n) is 12.1. The maximum Gasteiger partial charge on any atom is 0.374 e. The highest BCUT2D eigenvalue weighted by atomic mass is 127. The molecule has 12 heteroatoms. The van der Waals surface area contributed by atoms with Gasteiger partial charge < -0.3 is 43.1 Å². The second kappa shape index (κ2) is 17.4. The predicted octanol–water partition coefficient (Wildman–Crippen LogP) is 6.21. The van der Waals surface area contributed by atoms with E-state index in [0.717, 1.165) is 16.4 Å². The molecule has 11 nitrogen and oxygen atoms in total. The fraction of sp³-hybridized carbons (Fsp3) is 0.556. The van der Waals surface area contributed by atoms with Crippen molar-refractivity contribution in [1.82, 2.24) is 0 Å². The van der Waals surface area contributed by atoms with Crippen LogP contribution in [0, 0.1) is 3.57 Å². The molecule has 0 radical (unpaired) electrons. The number of esters is 2. The van der Waals surface area contributed by atoms with Gasteiger partial charge in [0.05, 0.1) is 56.4 Å². The van der Waals surface area contributed by atoms with E-state index >= 15 is 0 Å². The van der Waals surface area contributed by atoms with Crippen LogP contribution in [0.4, 0.5) is 0 Å². The number of ether oxygens (including phenoxy) is 6. The summed E-state index contributed by atoms with van der Waals surface area (Å²) < 4.78 is 38.6. The van der Waals surface area contributed by atoms with E-state index in [2.05, 4.69) is 29.2 Å². The first-order valence-electron chi connectivity index (χ1n) is 16.5. The summed E-state index contributed by atoms with van der Waals surface area (Å²) >= 11 is 2.16. The summed E-state index contributed by atoms with van der Waals surface area (Å²) in [6, 6.07) is 10.6. The molecule has 2 aromatic rings. The van der Waals surface area contributed by atoms with E-state index in [0.29, 0.717) is 89.5 Å². The van der Waals surface area contributed by atoms with Crippen molar-refractivity contribution in [3.63, 3.8) is 0 Å². The van der Waals surface area contributed by atoms with Crippen molar-refractivity contribution >= 4 is 40.6 Å². The van der Waals surface area contributed by atoms with E-state index < -0.39 is 23.0 Å². The number of hydrogen-bond donors (Lipinski definition) is 2. The predicted molar refractivity (Wildman–Crippen MR) is 185 cm³/mol. The topological polar surface area (TPSA) is 143 Å². The van der Waals surface area contributed by atoms with Crippen LogP contribution in [0.3, 0.4) is 0 Å². The summed E-state index contributed by atoms with van der Waals surface area (Å²) in [6.45, 7) is 10.5. The molecule has 2 spiro atoms. The smallest absolute Gasteiger partial charge is 0.374 e. The summed E-state index contributed by atoms with van der Waals surface area (Å²) in [6.07, 6.45) is 10.4. The molecule has 2 saturated heterocycles. The lowest BCUT2D eigenvalue weighted by atomic mass is 9.81. The first-order valence-corrected chi connectivity index (χ1v) is 17.6. The van der Waals surface area contributed by atoms with Crippen LogP contribution < -0.4 is 0 Å². The summed E-state index contributed by atoms with van der Waals surface area (Å²) in [5.74, 6) is -0.946. The average molecular weight is 783 g/mol. The first-order chi connectivity index (χ1) is 23.0. The number of furan rings is 1. The molecule has 2 saturated carbocycles. The van der Waals surface area contributed by atoms with Gasteiger partial charge in [-0.3, -0.25) is 0 Å². The van der Waals surface area contributed by atoms with Gasteiger partial charge in [-0.2, -0.15) is 0 Å². The third kappa shape index (κ3) is 10.7. The third-order valence-corrected chi connectivity index (χ3v) is 9.43. The Kier molecular flexibility index (Phi) is 13.8. The molecule has 4 fully saturated rings. The maximum absolute atomic E-state index is 11.6. The van der Waals surface area contributed by atoms with Gasteiger partial charge in [-0.1, -0.05) is 12.1 Å². The molecule has 2 N–H and O–H groups in total. The lowest BCUT2D eigenvalue weighted by molar-refractivity contribution is -0.196. The number of rotatable bonds is 7.